The lowest BCUT2D eigenvalue weighted by Crippen LogP contribution is -2.32. The number of nitrogens with two attached hydrogens (primary N) is 1. The van der Waals surface area contributed by atoms with Gasteiger partial charge in [0.05, 0.1) is 6.54 Å². The van der Waals surface area contributed by atoms with Crippen LogP contribution in [0.15, 0.2) is 24.3 Å². The lowest BCUT2D eigenvalue weighted by atomic mass is 10.2. The Balaban J connectivity index is 2.39. The van der Waals surface area contributed by atoms with Crippen LogP contribution >= 0.6 is 0 Å². The Morgan fingerprint density at radius 1 is 1.22 bits per heavy atom. The third kappa shape index (κ3) is 4.86. The molecule has 1 aromatic carbocycles. The van der Waals surface area contributed by atoms with Gasteiger partial charge in [-0.25, -0.2) is 0 Å². The highest BCUT2D eigenvalue weighted by atomic mass is 16.2. The Hall–Kier alpha value is -2.04. The summed E-state index contributed by atoms with van der Waals surface area (Å²) in [7, 11) is 0. The molecule has 0 bridgehead atoms. The number of benzene rings is 1. The minimum atomic E-state index is -0.462. The second kappa shape index (κ2) is 6.64. The molecular formula is C13H19N3O2. The van der Waals surface area contributed by atoms with Crippen molar-refractivity contribution in [3.63, 3.8) is 0 Å². The number of amides is 2. The molecule has 0 fully saturated rings. The van der Waals surface area contributed by atoms with Gasteiger partial charge in [-0.1, -0.05) is 13.8 Å². The molecule has 18 heavy (non-hydrogen) atoms. The van der Waals surface area contributed by atoms with E-state index in [-0.39, 0.29) is 12.5 Å². The Labute approximate surface area is 107 Å². The van der Waals surface area contributed by atoms with Crippen LogP contribution in [0.3, 0.4) is 0 Å². The summed E-state index contributed by atoms with van der Waals surface area (Å²) < 4.78 is 0. The molecule has 0 saturated carbocycles. The third-order valence-corrected chi connectivity index (χ3v) is 2.33. The van der Waals surface area contributed by atoms with Crippen LogP contribution in [-0.2, 0) is 4.79 Å². The summed E-state index contributed by atoms with van der Waals surface area (Å²) in [5.41, 5.74) is 6.36. The predicted octanol–water partition coefficient (Wildman–Crippen LogP) is 0.970. The molecule has 0 saturated heterocycles. The van der Waals surface area contributed by atoms with E-state index in [1.165, 1.54) is 0 Å². The number of nitrogens with one attached hydrogen (secondary N) is 2. The summed E-state index contributed by atoms with van der Waals surface area (Å²) in [6.45, 7) is 4.95. The molecule has 0 aliphatic carbocycles. The number of rotatable bonds is 6. The summed E-state index contributed by atoms with van der Waals surface area (Å²) in [6, 6.07) is 6.68. The van der Waals surface area contributed by atoms with Crippen LogP contribution in [0.2, 0.25) is 0 Å². The Bertz CT molecular complexity index is 413. The summed E-state index contributed by atoms with van der Waals surface area (Å²) in [5.74, 6) is -0.0808. The first kappa shape index (κ1) is 14.0. The molecule has 0 heterocycles. The fourth-order valence-corrected chi connectivity index (χ4v) is 1.32. The Morgan fingerprint density at radius 2 is 1.83 bits per heavy atom. The molecule has 0 aliphatic heterocycles. The van der Waals surface area contributed by atoms with Gasteiger partial charge in [-0.2, -0.15) is 0 Å². The number of anilines is 1. The molecule has 0 radical (unpaired) electrons. The summed E-state index contributed by atoms with van der Waals surface area (Å²) in [6.07, 6.45) is 0. The van der Waals surface area contributed by atoms with Crippen LogP contribution in [0.5, 0.6) is 0 Å². The molecule has 0 unspecified atom stereocenters. The Morgan fingerprint density at radius 3 is 2.33 bits per heavy atom. The van der Waals surface area contributed by atoms with Crippen molar-refractivity contribution in [3.05, 3.63) is 29.8 Å². The van der Waals surface area contributed by atoms with E-state index in [1.54, 1.807) is 24.3 Å². The highest BCUT2D eigenvalue weighted by molar-refractivity contribution is 5.93. The maximum absolute atomic E-state index is 11.4. The number of carbonyl (C=O) groups excluding carboxylic acids is 2. The molecular weight excluding hydrogens is 230 g/mol. The molecule has 0 atom stereocenters. The fraction of sp³-hybridized carbons (Fsp3) is 0.385. The minimum absolute atomic E-state index is 0.0531. The van der Waals surface area contributed by atoms with E-state index in [0.29, 0.717) is 18.0 Å². The van der Waals surface area contributed by atoms with Gasteiger partial charge in [-0.15, -0.1) is 0 Å². The fourth-order valence-electron chi connectivity index (χ4n) is 1.32. The van der Waals surface area contributed by atoms with Gasteiger partial charge in [-0.05, 0) is 30.2 Å². The monoisotopic (exact) mass is 249 g/mol. The third-order valence-electron chi connectivity index (χ3n) is 2.33. The molecule has 5 heteroatoms. The van der Waals surface area contributed by atoms with Crippen LogP contribution in [0.4, 0.5) is 5.69 Å². The van der Waals surface area contributed by atoms with E-state index in [9.17, 15) is 9.59 Å². The van der Waals surface area contributed by atoms with Gasteiger partial charge in [0.2, 0.25) is 11.8 Å². The number of primary amides is 1. The van der Waals surface area contributed by atoms with Gasteiger partial charge in [0.1, 0.15) is 0 Å². The average Bonchev–Trinajstić information content (AvgIpc) is 2.34. The normalized spacial score (nSPS) is 10.2. The maximum Gasteiger partial charge on any atom is 0.248 e. The molecule has 4 N–H and O–H groups in total. The van der Waals surface area contributed by atoms with E-state index in [2.05, 4.69) is 10.6 Å². The van der Waals surface area contributed by atoms with E-state index >= 15 is 0 Å². The lowest BCUT2D eigenvalue weighted by molar-refractivity contribution is -0.119. The molecule has 0 aromatic heterocycles. The van der Waals surface area contributed by atoms with Gasteiger partial charge >= 0.3 is 0 Å². The highest BCUT2D eigenvalue weighted by Gasteiger charge is 2.03. The molecule has 5 nitrogen and oxygen atoms in total. The van der Waals surface area contributed by atoms with Gasteiger partial charge < -0.3 is 16.4 Å². The zero-order valence-corrected chi connectivity index (χ0v) is 10.7. The SMILES string of the molecule is CC(C)CNC(=O)CNc1ccc(C(N)=O)cc1. The smallest absolute Gasteiger partial charge is 0.248 e. The van der Waals surface area contributed by atoms with Crippen molar-refractivity contribution in [1.29, 1.82) is 0 Å². The van der Waals surface area contributed by atoms with Crippen LogP contribution in [0.1, 0.15) is 24.2 Å². The molecule has 0 aliphatic rings. The number of carbonyl (C=O) groups is 2. The van der Waals surface area contributed by atoms with Gasteiger partial charge in [-0.3, -0.25) is 9.59 Å². The second-order valence-electron chi connectivity index (χ2n) is 4.49. The lowest BCUT2D eigenvalue weighted by Gasteiger charge is -2.09. The first-order valence-corrected chi connectivity index (χ1v) is 5.89. The van der Waals surface area contributed by atoms with Gasteiger partial charge in [0.15, 0.2) is 0 Å². The summed E-state index contributed by atoms with van der Waals surface area (Å²) in [4.78, 5) is 22.3. The van der Waals surface area contributed by atoms with Gasteiger partial charge in [0.25, 0.3) is 0 Å². The number of hydrogen-bond acceptors (Lipinski definition) is 3. The van der Waals surface area contributed by atoms with Crippen LogP contribution in [0.25, 0.3) is 0 Å². The quantitative estimate of drug-likeness (QED) is 0.702. The highest BCUT2D eigenvalue weighted by Crippen LogP contribution is 2.08. The number of hydrogen-bond donors (Lipinski definition) is 3. The first-order valence-electron chi connectivity index (χ1n) is 5.89. The standard InChI is InChI=1S/C13H19N3O2/c1-9(2)7-16-12(17)8-15-11-5-3-10(4-6-11)13(14)18/h3-6,9,15H,7-8H2,1-2H3,(H2,14,18)(H,16,17). The van der Waals surface area contributed by atoms with Crippen molar-refractivity contribution < 1.29 is 9.59 Å². The van der Waals surface area contributed by atoms with E-state index < -0.39 is 5.91 Å². The van der Waals surface area contributed by atoms with Gasteiger partial charge in [0, 0.05) is 17.8 Å². The van der Waals surface area contributed by atoms with Crippen LogP contribution < -0.4 is 16.4 Å². The van der Waals surface area contributed by atoms with Crippen molar-refractivity contribution in [2.24, 2.45) is 11.7 Å². The first-order chi connectivity index (χ1) is 8.49. The van der Waals surface area contributed by atoms with Crippen molar-refractivity contribution >= 4 is 17.5 Å². The second-order valence-corrected chi connectivity index (χ2v) is 4.49. The predicted molar refractivity (Wildman–Crippen MR) is 71.3 cm³/mol. The van der Waals surface area contributed by atoms with E-state index in [1.807, 2.05) is 13.8 Å². The minimum Gasteiger partial charge on any atom is -0.376 e. The summed E-state index contributed by atoms with van der Waals surface area (Å²) >= 11 is 0. The molecule has 1 rings (SSSR count). The van der Waals surface area contributed by atoms with Crippen molar-refractivity contribution in [2.45, 2.75) is 13.8 Å². The van der Waals surface area contributed by atoms with Crippen molar-refractivity contribution in [1.82, 2.24) is 5.32 Å². The van der Waals surface area contributed by atoms with E-state index in [0.717, 1.165) is 5.69 Å². The summed E-state index contributed by atoms with van der Waals surface area (Å²) in [5, 5.41) is 5.78. The zero-order chi connectivity index (χ0) is 13.5. The zero-order valence-electron chi connectivity index (χ0n) is 10.7. The maximum atomic E-state index is 11.4. The molecule has 0 spiro atoms. The molecule has 1 aromatic rings. The molecule has 98 valence electrons. The average molecular weight is 249 g/mol. The van der Waals surface area contributed by atoms with E-state index in [4.69, 9.17) is 5.73 Å². The molecule has 2 amide bonds. The van der Waals surface area contributed by atoms with Crippen molar-refractivity contribution in [2.75, 3.05) is 18.4 Å². The topological polar surface area (TPSA) is 84.2 Å². The van der Waals surface area contributed by atoms with Crippen molar-refractivity contribution in [3.8, 4) is 0 Å². The largest absolute Gasteiger partial charge is 0.376 e. The van der Waals surface area contributed by atoms with Crippen LogP contribution in [-0.4, -0.2) is 24.9 Å². The Kier molecular flexibility index (Phi) is 5.17. The van der Waals surface area contributed by atoms with Crippen LogP contribution in [0, 0.1) is 5.92 Å².